The van der Waals surface area contributed by atoms with E-state index in [1.807, 2.05) is 61.3 Å². The summed E-state index contributed by atoms with van der Waals surface area (Å²) in [6.45, 7) is 5.03. The zero-order chi connectivity index (χ0) is 24.1. The highest BCUT2D eigenvalue weighted by Crippen LogP contribution is 2.46. The number of carbonyl (C=O) groups is 1. The van der Waals surface area contributed by atoms with Crippen LogP contribution in [0, 0.1) is 0 Å². The van der Waals surface area contributed by atoms with Crippen molar-refractivity contribution in [2.75, 3.05) is 26.8 Å². The van der Waals surface area contributed by atoms with Gasteiger partial charge in [-0.1, -0.05) is 31.5 Å². The molecule has 0 saturated carbocycles. The van der Waals surface area contributed by atoms with Crippen LogP contribution in [0.5, 0.6) is 11.5 Å². The summed E-state index contributed by atoms with van der Waals surface area (Å²) < 4.78 is 14.3. The quantitative estimate of drug-likeness (QED) is 0.556. The number of methoxy groups -OCH3 is 1. The number of carbonyl (C=O) groups excluding carboxylic acids is 1. The molecule has 3 aromatic rings. The van der Waals surface area contributed by atoms with E-state index < -0.39 is 11.0 Å². The van der Waals surface area contributed by atoms with Crippen molar-refractivity contribution in [1.82, 2.24) is 9.47 Å². The Hall–Kier alpha value is -2.96. The van der Waals surface area contributed by atoms with E-state index in [0.717, 1.165) is 22.7 Å². The van der Waals surface area contributed by atoms with Crippen molar-refractivity contribution in [1.29, 1.82) is 0 Å². The average molecular weight is 483 g/mol. The van der Waals surface area contributed by atoms with Crippen LogP contribution < -0.4 is 9.47 Å². The van der Waals surface area contributed by atoms with Crippen molar-refractivity contribution in [2.24, 2.45) is 0 Å². The van der Waals surface area contributed by atoms with Gasteiger partial charge in [-0.2, -0.15) is 0 Å². The van der Waals surface area contributed by atoms with Gasteiger partial charge in [0.1, 0.15) is 11.5 Å². The second-order valence-corrected chi connectivity index (χ2v) is 10.2. The molecule has 34 heavy (non-hydrogen) atoms. The maximum absolute atomic E-state index is 13.4. The molecule has 0 radical (unpaired) electrons. The summed E-state index contributed by atoms with van der Waals surface area (Å²) in [6, 6.07) is 15.3. The zero-order valence-corrected chi connectivity index (χ0v) is 20.4. The Morgan fingerprint density at radius 2 is 1.97 bits per heavy atom. The molecule has 2 aromatic carbocycles. The molecular formula is C27H31ClN2O4. The van der Waals surface area contributed by atoms with Gasteiger partial charge in [0.15, 0.2) is 5.60 Å². The molecule has 1 spiro atoms. The number of amides is 1. The molecular weight excluding hydrogens is 452 g/mol. The van der Waals surface area contributed by atoms with Gasteiger partial charge in [0.2, 0.25) is 0 Å². The fraction of sp³-hybridized carbons (Fsp3) is 0.370. The SMILES string of the molecule is COc1cc(C(=O)N2CCC3(CC2)Oc2cc(Cl)ccc2-n2cccc23)ccc1C(C)(C)CO.[HH]. The first-order valence-electron chi connectivity index (χ1n) is 11.5. The van der Waals surface area contributed by atoms with Crippen LogP contribution in [0.15, 0.2) is 54.7 Å². The number of likely N-dealkylation sites (tertiary alicyclic amines) is 1. The van der Waals surface area contributed by atoms with Crippen molar-refractivity contribution in [3.63, 3.8) is 0 Å². The van der Waals surface area contributed by atoms with Crippen molar-refractivity contribution in [2.45, 2.75) is 37.7 Å². The van der Waals surface area contributed by atoms with E-state index in [1.165, 1.54) is 0 Å². The molecule has 3 heterocycles. The summed E-state index contributed by atoms with van der Waals surface area (Å²) in [7, 11) is 1.59. The Labute approximate surface area is 206 Å². The molecule has 2 aliphatic rings. The highest BCUT2D eigenvalue weighted by molar-refractivity contribution is 6.30. The van der Waals surface area contributed by atoms with Gasteiger partial charge in [0, 0.05) is 61.2 Å². The van der Waals surface area contributed by atoms with Crippen LogP contribution in [0.1, 0.15) is 49.7 Å². The highest BCUT2D eigenvalue weighted by Gasteiger charge is 2.44. The first-order chi connectivity index (χ1) is 16.3. The van der Waals surface area contributed by atoms with E-state index in [9.17, 15) is 9.90 Å². The Kier molecular flexibility index (Phi) is 5.61. The summed E-state index contributed by atoms with van der Waals surface area (Å²) in [5.41, 5.74) is 2.58. The van der Waals surface area contributed by atoms with Gasteiger partial charge < -0.3 is 24.0 Å². The number of benzene rings is 2. The standard InChI is InChI=1S/C27H29ClN2O4.H2/c1-26(2,17-31)20-8-6-18(15-22(20)33-3)25(32)29-13-10-27(11-14-29)24-5-4-12-30(24)21-9-7-19(28)16-23(21)34-27;/h4-9,12,15-16,31H,10-11,13-14,17H2,1-3H3;1H. The summed E-state index contributed by atoms with van der Waals surface area (Å²) in [6.07, 6.45) is 3.41. The van der Waals surface area contributed by atoms with E-state index in [1.54, 1.807) is 13.2 Å². The third-order valence-electron chi connectivity index (χ3n) is 7.13. The predicted molar refractivity (Wildman–Crippen MR) is 133 cm³/mol. The molecule has 0 bridgehead atoms. The Morgan fingerprint density at radius 3 is 2.68 bits per heavy atom. The second kappa shape index (κ2) is 8.36. The fourth-order valence-electron chi connectivity index (χ4n) is 5.07. The van der Waals surface area contributed by atoms with Crippen LogP contribution in [-0.2, 0) is 11.0 Å². The lowest BCUT2D eigenvalue weighted by Gasteiger charge is -2.45. The topological polar surface area (TPSA) is 63.9 Å². The molecule has 0 aliphatic carbocycles. The number of nitrogens with zero attached hydrogens (tertiary/aromatic N) is 2. The highest BCUT2D eigenvalue weighted by atomic mass is 35.5. The number of aliphatic hydroxyl groups is 1. The van der Waals surface area contributed by atoms with Gasteiger partial charge in [-0.3, -0.25) is 4.79 Å². The Morgan fingerprint density at radius 1 is 1.21 bits per heavy atom. The maximum Gasteiger partial charge on any atom is 0.253 e. The van der Waals surface area contributed by atoms with Crippen molar-refractivity contribution >= 4 is 17.5 Å². The van der Waals surface area contributed by atoms with Gasteiger partial charge in [-0.05, 0) is 36.4 Å². The summed E-state index contributed by atoms with van der Waals surface area (Å²) in [5, 5.41) is 10.4. The monoisotopic (exact) mass is 482 g/mol. The summed E-state index contributed by atoms with van der Waals surface area (Å²) in [4.78, 5) is 15.2. The lowest BCUT2D eigenvalue weighted by atomic mass is 9.84. The van der Waals surface area contributed by atoms with Crippen LogP contribution in [0.25, 0.3) is 5.69 Å². The molecule has 180 valence electrons. The van der Waals surface area contributed by atoms with Crippen LogP contribution in [0.2, 0.25) is 5.02 Å². The minimum absolute atomic E-state index is 0. The van der Waals surface area contributed by atoms with Crippen molar-refractivity contribution < 1.29 is 20.8 Å². The number of fused-ring (bicyclic) bond motifs is 4. The minimum atomic E-state index is -0.495. The van der Waals surface area contributed by atoms with E-state index in [2.05, 4.69) is 10.6 Å². The number of aliphatic hydroxyl groups excluding tert-OH is 1. The van der Waals surface area contributed by atoms with Crippen LogP contribution >= 0.6 is 11.6 Å². The summed E-state index contributed by atoms with van der Waals surface area (Å²) >= 11 is 6.24. The molecule has 0 atom stereocenters. The zero-order valence-electron chi connectivity index (χ0n) is 19.7. The van der Waals surface area contributed by atoms with Gasteiger partial charge in [0.25, 0.3) is 5.91 Å². The van der Waals surface area contributed by atoms with Gasteiger partial charge in [-0.25, -0.2) is 0 Å². The number of aromatic nitrogens is 1. The number of ether oxygens (including phenoxy) is 2. The van der Waals surface area contributed by atoms with Crippen molar-refractivity contribution in [3.8, 4) is 17.2 Å². The van der Waals surface area contributed by atoms with Crippen LogP contribution in [-0.4, -0.2) is 47.3 Å². The molecule has 1 N–H and O–H groups in total. The number of piperidine rings is 1. The largest absolute Gasteiger partial charge is 0.496 e. The molecule has 5 rings (SSSR count). The maximum atomic E-state index is 13.4. The molecule has 1 fully saturated rings. The van der Waals surface area contributed by atoms with E-state index in [0.29, 0.717) is 42.3 Å². The molecule has 2 aliphatic heterocycles. The molecule has 0 unspecified atom stereocenters. The van der Waals surface area contributed by atoms with Crippen LogP contribution in [0.3, 0.4) is 0 Å². The second-order valence-electron chi connectivity index (χ2n) is 9.72. The van der Waals surface area contributed by atoms with Gasteiger partial charge in [0.05, 0.1) is 25.1 Å². The minimum Gasteiger partial charge on any atom is -0.496 e. The smallest absolute Gasteiger partial charge is 0.253 e. The molecule has 7 heteroatoms. The Bertz CT molecular complexity index is 1250. The van der Waals surface area contributed by atoms with Crippen LogP contribution in [0.4, 0.5) is 0 Å². The number of hydrogen-bond donors (Lipinski definition) is 1. The average Bonchev–Trinajstić information content (AvgIpc) is 3.35. The fourth-order valence-corrected chi connectivity index (χ4v) is 5.24. The number of hydrogen-bond acceptors (Lipinski definition) is 4. The normalized spacial score (nSPS) is 16.6. The first-order valence-corrected chi connectivity index (χ1v) is 11.9. The Balaban J connectivity index is 0.00000289. The third kappa shape index (κ3) is 3.65. The lowest BCUT2D eigenvalue weighted by Crippen LogP contribution is -2.50. The lowest BCUT2D eigenvalue weighted by molar-refractivity contribution is -0.00930. The molecule has 1 saturated heterocycles. The van der Waals surface area contributed by atoms with Crippen molar-refractivity contribution in [3.05, 3.63) is 76.6 Å². The summed E-state index contributed by atoms with van der Waals surface area (Å²) in [5.74, 6) is 1.35. The van der Waals surface area contributed by atoms with E-state index in [4.69, 9.17) is 21.1 Å². The first kappa shape index (κ1) is 22.8. The number of halogens is 1. The molecule has 1 amide bonds. The van der Waals surface area contributed by atoms with Gasteiger partial charge in [-0.15, -0.1) is 0 Å². The third-order valence-corrected chi connectivity index (χ3v) is 7.37. The van der Waals surface area contributed by atoms with E-state index in [-0.39, 0.29) is 13.9 Å². The molecule has 6 nitrogen and oxygen atoms in total. The predicted octanol–water partition coefficient (Wildman–Crippen LogP) is 5.18. The molecule has 1 aromatic heterocycles. The van der Waals surface area contributed by atoms with E-state index >= 15 is 0 Å². The van der Waals surface area contributed by atoms with Gasteiger partial charge >= 0.3 is 0 Å². The number of rotatable bonds is 4.